The van der Waals surface area contributed by atoms with Gasteiger partial charge in [-0.1, -0.05) is 12.1 Å². The molecule has 0 fully saturated rings. The standard InChI is InChI=1S/C9H14N2O2.C2H4O2/c10-7-3-1-6(2-4-7)9(13)8(11)5-12;1-2(3)4/h1-4,8-9,12-13H,5,10-11H2;1H3,(H,3,4)/t8-,9-;/m1./s1. The van der Waals surface area contributed by atoms with Crippen LogP contribution in [0.5, 0.6) is 0 Å². The summed E-state index contributed by atoms with van der Waals surface area (Å²) in [6.45, 7) is 0.839. The van der Waals surface area contributed by atoms with Crippen LogP contribution < -0.4 is 11.5 Å². The van der Waals surface area contributed by atoms with E-state index in [9.17, 15) is 5.11 Å². The minimum Gasteiger partial charge on any atom is -0.481 e. The van der Waals surface area contributed by atoms with Gasteiger partial charge in [0.2, 0.25) is 0 Å². The number of rotatable bonds is 3. The average molecular weight is 242 g/mol. The monoisotopic (exact) mass is 242 g/mol. The number of hydrogen-bond acceptors (Lipinski definition) is 5. The summed E-state index contributed by atoms with van der Waals surface area (Å²) in [5, 5.41) is 25.7. The van der Waals surface area contributed by atoms with Crippen molar-refractivity contribution < 1.29 is 20.1 Å². The molecular weight excluding hydrogens is 224 g/mol. The van der Waals surface area contributed by atoms with Crippen molar-refractivity contribution in [1.82, 2.24) is 0 Å². The van der Waals surface area contributed by atoms with Crippen LogP contribution in [0.2, 0.25) is 0 Å². The fourth-order valence-corrected chi connectivity index (χ4v) is 1.04. The van der Waals surface area contributed by atoms with Gasteiger partial charge in [0, 0.05) is 12.6 Å². The van der Waals surface area contributed by atoms with Crippen LogP contribution >= 0.6 is 0 Å². The smallest absolute Gasteiger partial charge is 0.300 e. The molecule has 1 aromatic rings. The third-order valence-electron chi connectivity index (χ3n) is 1.89. The highest BCUT2D eigenvalue weighted by Crippen LogP contribution is 2.16. The first-order valence-corrected chi connectivity index (χ1v) is 4.98. The molecule has 6 nitrogen and oxygen atoms in total. The Bertz CT molecular complexity index is 336. The van der Waals surface area contributed by atoms with E-state index in [0.717, 1.165) is 6.92 Å². The van der Waals surface area contributed by atoms with Gasteiger partial charge in [0.25, 0.3) is 5.97 Å². The predicted molar refractivity (Wildman–Crippen MR) is 64.2 cm³/mol. The van der Waals surface area contributed by atoms with Crippen LogP contribution in [0, 0.1) is 0 Å². The van der Waals surface area contributed by atoms with E-state index >= 15 is 0 Å². The van der Waals surface area contributed by atoms with Crippen molar-refractivity contribution in [3.05, 3.63) is 29.8 Å². The summed E-state index contributed by atoms with van der Waals surface area (Å²) < 4.78 is 0. The van der Waals surface area contributed by atoms with Crippen molar-refractivity contribution in [3.8, 4) is 0 Å². The molecule has 2 atom stereocenters. The van der Waals surface area contributed by atoms with E-state index in [1.165, 1.54) is 0 Å². The highest BCUT2D eigenvalue weighted by Gasteiger charge is 2.15. The first-order chi connectivity index (χ1) is 7.88. The van der Waals surface area contributed by atoms with Gasteiger partial charge < -0.3 is 26.8 Å². The SMILES string of the molecule is CC(=O)O.Nc1ccc([C@@H](O)[C@H](N)CO)cc1. The maximum absolute atomic E-state index is 9.55. The maximum Gasteiger partial charge on any atom is 0.300 e. The van der Waals surface area contributed by atoms with E-state index in [1.54, 1.807) is 24.3 Å². The molecule has 0 aliphatic carbocycles. The normalized spacial score (nSPS) is 13.2. The molecule has 6 heteroatoms. The fraction of sp³-hybridized carbons (Fsp3) is 0.364. The third-order valence-corrected chi connectivity index (χ3v) is 1.89. The molecule has 1 aromatic carbocycles. The Labute approximate surface area is 99.5 Å². The highest BCUT2D eigenvalue weighted by molar-refractivity contribution is 5.62. The molecular formula is C11H18N2O4. The van der Waals surface area contributed by atoms with Gasteiger partial charge in [-0.3, -0.25) is 4.79 Å². The van der Waals surface area contributed by atoms with E-state index in [0.29, 0.717) is 11.3 Å². The first-order valence-electron chi connectivity index (χ1n) is 4.98. The second-order valence-corrected chi connectivity index (χ2v) is 3.48. The lowest BCUT2D eigenvalue weighted by atomic mass is 10.0. The summed E-state index contributed by atoms with van der Waals surface area (Å²) in [5.74, 6) is -0.833. The third kappa shape index (κ3) is 6.52. The van der Waals surface area contributed by atoms with Crippen LogP contribution in [-0.2, 0) is 4.79 Å². The second kappa shape index (κ2) is 7.61. The number of carbonyl (C=O) groups is 1. The Morgan fingerprint density at radius 3 is 2.12 bits per heavy atom. The van der Waals surface area contributed by atoms with Crippen molar-refractivity contribution in [3.63, 3.8) is 0 Å². The van der Waals surface area contributed by atoms with Crippen molar-refractivity contribution in [2.75, 3.05) is 12.3 Å². The van der Waals surface area contributed by atoms with Crippen molar-refractivity contribution in [2.45, 2.75) is 19.1 Å². The van der Waals surface area contributed by atoms with E-state index in [2.05, 4.69) is 0 Å². The molecule has 0 amide bonds. The Hall–Kier alpha value is -1.63. The minimum absolute atomic E-state index is 0.245. The van der Waals surface area contributed by atoms with Crippen LogP contribution in [0.1, 0.15) is 18.6 Å². The van der Waals surface area contributed by atoms with Gasteiger partial charge in [-0.25, -0.2) is 0 Å². The van der Waals surface area contributed by atoms with Gasteiger partial charge >= 0.3 is 0 Å². The quantitative estimate of drug-likeness (QED) is 0.463. The molecule has 0 aliphatic heterocycles. The van der Waals surface area contributed by atoms with E-state index in [4.69, 9.17) is 26.5 Å². The molecule has 7 N–H and O–H groups in total. The van der Waals surface area contributed by atoms with Crippen LogP contribution in [0.15, 0.2) is 24.3 Å². The number of aliphatic carboxylic acids is 1. The number of hydrogen-bond donors (Lipinski definition) is 5. The number of aliphatic hydroxyl groups is 2. The topological polar surface area (TPSA) is 130 Å². The van der Waals surface area contributed by atoms with Gasteiger partial charge in [-0.2, -0.15) is 0 Å². The number of carboxylic acid groups (broad SMARTS) is 1. The molecule has 0 spiro atoms. The molecule has 0 radical (unpaired) electrons. The number of nitrogens with two attached hydrogens (primary N) is 2. The van der Waals surface area contributed by atoms with E-state index < -0.39 is 18.1 Å². The van der Waals surface area contributed by atoms with Gasteiger partial charge in [-0.05, 0) is 17.7 Å². The van der Waals surface area contributed by atoms with Gasteiger partial charge in [-0.15, -0.1) is 0 Å². The van der Waals surface area contributed by atoms with Crippen LogP contribution in [0.4, 0.5) is 5.69 Å². The lowest BCUT2D eigenvalue weighted by Crippen LogP contribution is -2.31. The zero-order valence-electron chi connectivity index (χ0n) is 9.58. The lowest BCUT2D eigenvalue weighted by Gasteiger charge is -2.16. The maximum atomic E-state index is 9.55. The molecule has 0 aliphatic rings. The van der Waals surface area contributed by atoms with Crippen molar-refractivity contribution in [1.29, 1.82) is 0 Å². The van der Waals surface area contributed by atoms with Crippen LogP contribution in [0.3, 0.4) is 0 Å². The molecule has 0 saturated carbocycles. The largest absolute Gasteiger partial charge is 0.481 e. The summed E-state index contributed by atoms with van der Waals surface area (Å²) in [6, 6.07) is 6.10. The molecule has 17 heavy (non-hydrogen) atoms. The number of anilines is 1. The zero-order valence-corrected chi connectivity index (χ0v) is 9.58. The second-order valence-electron chi connectivity index (χ2n) is 3.48. The zero-order chi connectivity index (χ0) is 13.4. The first kappa shape index (κ1) is 15.4. The molecule has 0 heterocycles. The van der Waals surface area contributed by atoms with E-state index in [-0.39, 0.29) is 6.61 Å². The summed E-state index contributed by atoms with van der Waals surface area (Å²) in [4.78, 5) is 9.00. The van der Waals surface area contributed by atoms with Gasteiger partial charge in [0.15, 0.2) is 0 Å². The predicted octanol–water partition coefficient (Wildman–Crippen LogP) is -0.287. The molecule has 0 unspecified atom stereocenters. The summed E-state index contributed by atoms with van der Waals surface area (Å²) in [7, 11) is 0. The Kier molecular flexibility index (Phi) is 6.88. The van der Waals surface area contributed by atoms with Gasteiger partial charge in [0.05, 0.1) is 18.8 Å². The van der Waals surface area contributed by atoms with Gasteiger partial charge in [0.1, 0.15) is 0 Å². The van der Waals surface area contributed by atoms with Crippen molar-refractivity contribution in [2.24, 2.45) is 5.73 Å². The lowest BCUT2D eigenvalue weighted by molar-refractivity contribution is -0.134. The summed E-state index contributed by atoms with van der Waals surface area (Å²) in [5.41, 5.74) is 12.2. The number of benzene rings is 1. The number of nitrogen functional groups attached to an aromatic ring is 1. The Morgan fingerprint density at radius 1 is 1.35 bits per heavy atom. The minimum atomic E-state index is -0.842. The number of carboxylic acids is 1. The molecule has 0 saturated heterocycles. The Morgan fingerprint density at radius 2 is 1.76 bits per heavy atom. The molecule has 1 rings (SSSR count). The fourth-order valence-electron chi connectivity index (χ4n) is 1.04. The summed E-state index contributed by atoms with van der Waals surface area (Å²) in [6.07, 6.45) is -0.842. The van der Waals surface area contributed by atoms with E-state index in [1.807, 2.05) is 0 Å². The van der Waals surface area contributed by atoms with Crippen molar-refractivity contribution >= 4 is 11.7 Å². The van der Waals surface area contributed by atoms with Crippen LogP contribution in [0.25, 0.3) is 0 Å². The average Bonchev–Trinajstić information content (AvgIpc) is 2.27. The molecule has 96 valence electrons. The summed E-state index contributed by atoms with van der Waals surface area (Å²) >= 11 is 0. The van der Waals surface area contributed by atoms with Crippen LogP contribution in [-0.4, -0.2) is 33.9 Å². The Balaban J connectivity index is 0.000000557. The highest BCUT2D eigenvalue weighted by atomic mass is 16.4. The molecule has 0 bridgehead atoms. The molecule has 0 aromatic heterocycles. The number of aliphatic hydroxyl groups excluding tert-OH is 2.